The van der Waals surface area contributed by atoms with Crippen LogP contribution in [-0.4, -0.2) is 37.3 Å². The molecule has 0 unspecified atom stereocenters. The van der Waals surface area contributed by atoms with Crippen LogP contribution < -0.4 is 0 Å². The normalized spacial score (nSPS) is 25.6. The molecule has 0 aromatic rings. The number of thioether (sulfide) groups is 1. The van der Waals surface area contributed by atoms with Crippen LogP contribution in [0, 0.1) is 0 Å². The number of alkyl halides is 1. The molecule has 66 valence electrons. The van der Waals surface area contributed by atoms with E-state index in [-0.39, 0.29) is 0 Å². The van der Waals surface area contributed by atoms with E-state index in [0.29, 0.717) is 0 Å². The monoisotopic (exact) mass is 304 g/mol. The molecule has 1 rings (SSSR count). The van der Waals surface area contributed by atoms with Crippen molar-refractivity contribution in [1.29, 1.82) is 0 Å². The van der Waals surface area contributed by atoms with Gasteiger partial charge in [-0.15, -0.1) is 0 Å². The van der Waals surface area contributed by atoms with Crippen molar-refractivity contribution in [1.82, 2.24) is 0 Å². The van der Waals surface area contributed by atoms with E-state index in [1.165, 1.54) is 0 Å². The van der Waals surface area contributed by atoms with E-state index in [0.717, 1.165) is 28.8 Å². The first-order valence-corrected chi connectivity index (χ1v) is 8.89. The molecule has 1 saturated heterocycles. The summed E-state index contributed by atoms with van der Waals surface area (Å²) >= 11 is 4.27. The van der Waals surface area contributed by atoms with E-state index in [4.69, 9.17) is 8.85 Å². The van der Waals surface area contributed by atoms with Gasteiger partial charge in [-0.3, -0.25) is 0 Å². The third kappa shape index (κ3) is 3.62. The van der Waals surface area contributed by atoms with Crippen molar-refractivity contribution in [3.63, 3.8) is 0 Å². The largest absolute Gasteiger partial charge is 0.393 e. The Kier molecular flexibility index (Phi) is 4.73. The highest BCUT2D eigenvalue weighted by Gasteiger charge is 2.30. The zero-order valence-corrected chi connectivity index (χ0v) is 10.6. The van der Waals surface area contributed by atoms with Crippen molar-refractivity contribution < 1.29 is 8.85 Å². The van der Waals surface area contributed by atoms with Crippen molar-refractivity contribution in [2.24, 2.45) is 0 Å². The predicted molar refractivity (Wildman–Crippen MR) is 59.7 cm³/mol. The number of rotatable bonds is 1. The Balaban J connectivity index is 2.37. The Morgan fingerprint density at radius 1 is 1.36 bits per heavy atom. The van der Waals surface area contributed by atoms with Gasteiger partial charge < -0.3 is 8.85 Å². The van der Waals surface area contributed by atoms with Gasteiger partial charge in [0, 0.05) is 28.8 Å². The Labute approximate surface area is 86.8 Å². The maximum atomic E-state index is 5.71. The smallest absolute Gasteiger partial charge is 0.345 e. The van der Waals surface area contributed by atoms with Crippen molar-refractivity contribution in [3.05, 3.63) is 0 Å². The summed E-state index contributed by atoms with van der Waals surface area (Å²) in [5.41, 5.74) is 0. The van der Waals surface area contributed by atoms with Crippen molar-refractivity contribution in [3.8, 4) is 0 Å². The third-order valence-corrected chi connectivity index (χ3v) is 8.70. The molecule has 2 nitrogen and oxygen atoms in total. The fraction of sp³-hybridized carbons (Fsp3) is 1.00. The molecule has 0 aliphatic carbocycles. The minimum Gasteiger partial charge on any atom is -0.393 e. The van der Waals surface area contributed by atoms with Gasteiger partial charge in [0.05, 0.1) is 0 Å². The van der Waals surface area contributed by atoms with Gasteiger partial charge in [0.25, 0.3) is 0 Å². The summed E-state index contributed by atoms with van der Waals surface area (Å²) in [6.45, 7) is 3.89. The molecule has 0 saturated carbocycles. The highest BCUT2D eigenvalue weighted by atomic mass is 127. The molecule has 1 aliphatic rings. The van der Waals surface area contributed by atoms with Gasteiger partial charge in [0.15, 0.2) is 0 Å². The standard InChI is InChI=1S/C6H13IO2SSi/c1-11(6-7)8-2-4-10-5-3-9-11/h2-6H2,1H3. The van der Waals surface area contributed by atoms with Crippen molar-refractivity contribution in [2.45, 2.75) is 6.55 Å². The van der Waals surface area contributed by atoms with Crippen LogP contribution in [0.25, 0.3) is 0 Å². The molecule has 0 aromatic carbocycles. The second kappa shape index (κ2) is 5.06. The van der Waals surface area contributed by atoms with E-state index in [1.54, 1.807) is 0 Å². The van der Waals surface area contributed by atoms with Crippen molar-refractivity contribution >= 4 is 42.9 Å². The molecule has 0 N–H and O–H groups in total. The Morgan fingerprint density at radius 3 is 2.36 bits per heavy atom. The predicted octanol–water partition coefficient (Wildman–Crippen LogP) is 1.81. The van der Waals surface area contributed by atoms with Crippen LogP contribution in [-0.2, 0) is 8.85 Å². The van der Waals surface area contributed by atoms with Gasteiger partial charge in [-0.1, -0.05) is 22.6 Å². The molecule has 0 spiro atoms. The molecule has 1 fully saturated rings. The first-order valence-electron chi connectivity index (χ1n) is 3.68. The van der Waals surface area contributed by atoms with Gasteiger partial charge in [-0.25, -0.2) is 0 Å². The Hall–Kier alpha value is 1.22. The average Bonchev–Trinajstić information content (AvgIpc) is 1.98. The van der Waals surface area contributed by atoms with Gasteiger partial charge in [0.2, 0.25) is 0 Å². The zero-order valence-electron chi connectivity index (χ0n) is 6.64. The van der Waals surface area contributed by atoms with Crippen LogP contribution in [0.4, 0.5) is 0 Å². The lowest BCUT2D eigenvalue weighted by Gasteiger charge is -2.26. The quantitative estimate of drug-likeness (QED) is 0.418. The Bertz CT molecular complexity index is 117. The Morgan fingerprint density at radius 2 is 1.91 bits per heavy atom. The molecular formula is C6H13IO2SSi. The zero-order chi connectivity index (χ0) is 8.16. The fourth-order valence-corrected chi connectivity index (χ4v) is 4.38. The minimum absolute atomic E-state index is 0.871. The van der Waals surface area contributed by atoms with E-state index >= 15 is 0 Å². The molecule has 1 aliphatic heterocycles. The van der Waals surface area contributed by atoms with Crippen LogP contribution in [0.15, 0.2) is 0 Å². The fourth-order valence-electron chi connectivity index (χ4n) is 0.854. The first kappa shape index (κ1) is 10.3. The summed E-state index contributed by atoms with van der Waals surface area (Å²) in [6.07, 6.45) is 0. The molecule has 1 heterocycles. The molecule has 0 bridgehead atoms. The van der Waals surface area contributed by atoms with E-state index in [2.05, 4.69) is 29.1 Å². The molecular weight excluding hydrogens is 291 g/mol. The molecule has 0 atom stereocenters. The molecule has 0 amide bonds. The maximum absolute atomic E-state index is 5.71. The van der Waals surface area contributed by atoms with Crippen molar-refractivity contribution in [2.75, 3.05) is 28.8 Å². The minimum atomic E-state index is -1.72. The van der Waals surface area contributed by atoms with E-state index < -0.39 is 8.56 Å². The highest BCUT2D eigenvalue weighted by molar-refractivity contribution is 14.1. The third-order valence-electron chi connectivity index (χ3n) is 1.51. The number of hydrogen-bond acceptors (Lipinski definition) is 3. The summed E-state index contributed by atoms with van der Waals surface area (Å²) in [4.78, 5) is 0. The summed E-state index contributed by atoms with van der Waals surface area (Å²) < 4.78 is 12.5. The van der Waals surface area contributed by atoms with Crippen LogP contribution in [0.1, 0.15) is 0 Å². The number of hydrogen-bond donors (Lipinski definition) is 0. The summed E-state index contributed by atoms with van der Waals surface area (Å²) in [5.74, 6) is 2.26. The van der Waals surface area contributed by atoms with Crippen LogP contribution in [0.5, 0.6) is 0 Å². The van der Waals surface area contributed by atoms with E-state index in [1.807, 2.05) is 11.8 Å². The topological polar surface area (TPSA) is 18.5 Å². The number of halogens is 1. The lowest BCUT2D eigenvalue weighted by atomic mass is 10.9. The van der Waals surface area contributed by atoms with Crippen LogP contribution in [0.3, 0.4) is 0 Å². The maximum Gasteiger partial charge on any atom is 0.345 e. The average molecular weight is 304 g/mol. The summed E-state index contributed by atoms with van der Waals surface area (Å²) in [6, 6.07) is 0. The summed E-state index contributed by atoms with van der Waals surface area (Å²) in [7, 11) is -1.72. The van der Waals surface area contributed by atoms with Gasteiger partial charge >= 0.3 is 8.56 Å². The molecule has 5 heteroatoms. The van der Waals surface area contributed by atoms with Crippen LogP contribution in [0.2, 0.25) is 6.55 Å². The molecule has 0 radical (unpaired) electrons. The second-order valence-corrected chi connectivity index (χ2v) is 9.20. The molecule has 0 aromatic heterocycles. The lowest BCUT2D eigenvalue weighted by molar-refractivity contribution is 0.195. The van der Waals surface area contributed by atoms with E-state index in [9.17, 15) is 0 Å². The first-order chi connectivity index (χ1) is 5.27. The second-order valence-electron chi connectivity index (χ2n) is 2.58. The lowest BCUT2D eigenvalue weighted by Crippen LogP contribution is -2.43. The van der Waals surface area contributed by atoms with Gasteiger partial charge in [-0.2, -0.15) is 11.8 Å². The highest BCUT2D eigenvalue weighted by Crippen LogP contribution is 2.15. The van der Waals surface area contributed by atoms with Gasteiger partial charge in [-0.05, 0) is 6.55 Å². The summed E-state index contributed by atoms with van der Waals surface area (Å²) in [5, 5.41) is 0. The SMILES string of the molecule is C[Si]1(CI)OCCSCCO1. The van der Waals surface area contributed by atoms with Gasteiger partial charge in [0.1, 0.15) is 0 Å². The molecule has 11 heavy (non-hydrogen) atoms. The van der Waals surface area contributed by atoms with Crippen LogP contribution >= 0.6 is 34.4 Å².